The number of nitrogens with two attached hydrogens (primary N) is 1. The molecule has 3 unspecified atom stereocenters. The van der Waals surface area contributed by atoms with Crippen molar-refractivity contribution in [2.24, 2.45) is 5.73 Å². The molecule has 0 radical (unpaired) electrons. The number of rotatable bonds is 6. The van der Waals surface area contributed by atoms with Gasteiger partial charge in [-0.3, -0.25) is 4.90 Å². The molecule has 0 aliphatic rings. The van der Waals surface area contributed by atoms with Gasteiger partial charge in [0.05, 0.1) is 0 Å². The molecule has 16 heavy (non-hydrogen) atoms. The average Bonchev–Trinajstić information content (AvgIpc) is 2.10. The van der Waals surface area contributed by atoms with E-state index in [4.69, 9.17) is 5.73 Å². The lowest BCUT2D eigenvalue weighted by molar-refractivity contribution is -0.189. The Morgan fingerprint density at radius 1 is 1.38 bits per heavy atom. The van der Waals surface area contributed by atoms with Crippen LogP contribution in [0, 0.1) is 0 Å². The number of halogens is 3. The molecule has 3 atom stereocenters. The number of nitrogens with zero attached hydrogens (tertiary/aromatic N) is 1. The van der Waals surface area contributed by atoms with Gasteiger partial charge in [0.15, 0.2) is 0 Å². The van der Waals surface area contributed by atoms with E-state index < -0.39 is 18.3 Å². The Kier molecular flexibility index (Phi) is 6.74. The number of thioether (sulfide) groups is 1. The van der Waals surface area contributed by atoms with Crippen molar-refractivity contribution in [2.45, 2.75) is 44.6 Å². The van der Waals surface area contributed by atoms with Crippen LogP contribution in [0.4, 0.5) is 13.2 Å². The normalized spacial score (nSPS) is 18.6. The second kappa shape index (κ2) is 6.71. The molecule has 0 saturated heterocycles. The monoisotopic (exact) mass is 258 g/mol. The summed E-state index contributed by atoms with van der Waals surface area (Å²) in [5.41, 5.74) is 5.44. The van der Waals surface area contributed by atoms with Crippen molar-refractivity contribution < 1.29 is 13.2 Å². The van der Waals surface area contributed by atoms with Crippen molar-refractivity contribution >= 4 is 11.8 Å². The Balaban J connectivity index is 4.78. The molecular weight excluding hydrogens is 237 g/mol. The maximum absolute atomic E-state index is 12.8. The molecule has 0 aliphatic carbocycles. The first-order valence-electron chi connectivity index (χ1n) is 5.28. The van der Waals surface area contributed by atoms with Crippen LogP contribution in [0.1, 0.15) is 20.3 Å². The zero-order valence-electron chi connectivity index (χ0n) is 10.2. The van der Waals surface area contributed by atoms with Gasteiger partial charge in [-0.05, 0) is 26.6 Å². The average molecular weight is 258 g/mol. The summed E-state index contributed by atoms with van der Waals surface area (Å²) in [7, 11) is 1.51. The molecule has 2 nitrogen and oxygen atoms in total. The number of alkyl halides is 3. The molecule has 0 heterocycles. The highest BCUT2D eigenvalue weighted by Gasteiger charge is 2.45. The van der Waals surface area contributed by atoms with E-state index in [1.165, 1.54) is 18.9 Å². The lowest BCUT2D eigenvalue weighted by Crippen LogP contribution is -2.57. The fraction of sp³-hybridized carbons (Fsp3) is 1.00. The Bertz CT molecular complexity index is 197. The summed E-state index contributed by atoms with van der Waals surface area (Å²) in [6, 6.07) is -2.57. The predicted octanol–water partition coefficient (Wildman–Crippen LogP) is 2.34. The molecule has 0 bridgehead atoms. The smallest absolute Gasteiger partial charge is 0.326 e. The minimum Gasteiger partial charge on any atom is -0.326 e. The molecule has 0 aromatic rings. The van der Waals surface area contributed by atoms with Crippen LogP contribution in [0.15, 0.2) is 0 Å². The Hall–Kier alpha value is 0.0600. The molecule has 0 amide bonds. The third kappa shape index (κ3) is 4.51. The van der Waals surface area contributed by atoms with Crippen LogP contribution >= 0.6 is 11.8 Å². The van der Waals surface area contributed by atoms with Crippen LogP contribution in [0.25, 0.3) is 0 Å². The fourth-order valence-corrected chi connectivity index (χ4v) is 2.70. The minimum atomic E-state index is -4.27. The molecule has 0 rings (SSSR count). The van der Waals surface area contributed by atoms with E-state index in [0.29, 0.717) is 12.2 Å². The van der Waals surface area contributed by atoms with E-state index in [2.05, 4.69) is 0 Å². The standard InChI is InChI=1S/C10H21F3N2S/c1-5-8(6-16-4)15(3)9(7(2)14)10(11,12)13/h7-9H,5-6,14H2,1-4H3. The van der Waals surface area contributed by atoms with Crippen LogP contribution < -0.4 is 5.73 Å². The molecule has 2 N–H and O–H groups in total. The lowest BCUT2D eigenvalue weighted by atomic mass is 10.1. The Morgan fingerprint density at radius 3 is 2.12 bits per heavy atom. The van der Waals surface area contributed by atoms with Gasteiger partial charge < -0.3 is 5.73 Å². The molecule has 0 saturated carbocycles. The first-order valence-corrected chi connectivity index (χ1v) is 6.68. The second-order valence-corrected chi connectivity index (χ2v) is 4.94. The van der Waals surface area contributed by atoms with E-state index in [-0.39, 0.29) is 6.04 Å². The molecule has 0 aromatic carbocycles. The molecule has 0 aliphatic heterocycles. The molecule has 98 valence electrons. The van der Waals surface area contributed by atoms with E-state index in [1.54, 1.807) is 11.8 Å². The highest BCUT2D eigenvalue weighted by molar-refractivity contribution is 7.98. The zero-order valence-corrected chi connectivity index (χ0v) is 11.0. The third-order valence-electron chi connectivity index (χ3n) is 2.68. The van der Waals surface area contributed by atoms with Gasteiger partial charge in [-0.2, -0.15) is 24.9 Å². The van der Waals surface area contributed by atoms with Gasteiger partial charge in [0.1, 0.15) is 6.04 Å². The second-order valence-electron chi connectivity index (χ2n) is 4.03. The maximum Gasteiger partial charge on any atom is 0.405 e. The predicted molar refractivity (Wildman–Crippen MR) is 63.7 cm³/mol. The minimum absolute atomic E-state index is 0.0902. The highest BCUT2D eigenvalue weighted by Crippen LogP contribution is 2.28. The van der Waals surface area contributed by atoms with Crippen LogP contribution in [0.5, 0.6) is 0 Å². The van der Waals surface area contributed by atoms with E-state index in [1.807, 2.05) is 13.2 Å². The first-order chi connectivity index (χ1) is 7.25. The van der Waals surface area contributed by atoms with Crippen molar-refractivity contribution in [2.75, 3.05) is 19.1 Å². The zero-order chi connectivity index (χ0) is 12.9. The van der Waals surface area contributed by atoms with Gasteiger partial charge in [-0.15, -0.1) is 0 Å². The van der Waals surface area contributed by atoms with Crippen LogP contribution in [0.2, 0.25) is 0 Å². The summed E-state index contributed by atoms with van der Waals surface area (Å²) < 4.78 is 38.5. The lowest BCUT2D eigenvalue weighted by Gasteiger charge is -2.37. The van der Waals surface area contributed by atoms with Crippen molar-refractivity contribution in [3.63, 3.8) is 0 Å². The van der Waals surface area contributed by atoms with Gasteiger partial charge in [-0.25, -0.2) is 0 Å². The summed E-state index contributed by atoms with van der Waals surface area (Å²) in [5, 5.41) is 0. The van der Waals surface area contributed by atoms with E-state index in [9.17, 15) is 13.2 Å². The van der Waals surface area contributed by atoms with Crippen LogP contribution in [-0.4, -0.2) is 48.3 Å². The van der Waals surface area contributed by atoms with Crippen molar-refractivity contribution in [1.29, 1.82) is 0 Å². The summed E-state index contributed by atoms with van der Waals surface area (Å²) in [5.74, 6) is 0.687. The van der Waals surface area contributed by atoms with E-state index in [0.717, 1.165) is 0 Å². The van der Waals surface area contributed by atoms with Gasteiger partial charge in [0, 0.05) is 17.8 Å². The molecule has 0 fully saturated rings. The largest absolute Gasteiger partial charge is 0.405 e. The van der Waals surface area contributed by atoms with E-state index >= 15 is 0 Å². The highest BCUT2D eigenvalue weighted by atomic mass is 32.2. The van der Waals surface area contributed by atoms with Gasteiger partial charge >= 0.3 is 6.18 Å². The van der Waals surface area contributed by atoms with Crippen molar-refractivity contribution in [1.82, 2.24) is 4.90 Å². The summed E-state index contributed by atoms with van der Waals surface area (Å²) in [4.78, 5) is 1.36. The number of hydrogen-bond acceptors (Lipinski definition) is 3. The Labute approximate surface area is 99.7 Å². The van der Waals surface area contributed by atoms with Gasteiger partial charge in [0.2, 0.25) is 0 Å². The summed E-state index contributed by atoms with van der Waals surface area (Å²) >= 11 is 1.55. The van der Waals surface area contributed by atoms with Crippen molar-refractivity contribution in [3.8, 4) is 0 Å². The molecule has 0 spiro atoms. The van der Waals surface area contributed by atoms with Crippen LogP contribution in [-0.2, 0) is 0 Å². The SMILES string of the molecule is CCC(CSC)N(C)C(C(C)N)C(F)(F)F. The summed E-state index contributed by atoms with van der Waals surface area (Å²) in [6.45, 7) is 3.30. The first kappa shape index (κ1) is 16.1. The van der Waals surface area contributed by atoms with Gasteiger partial charge in [0.25, 0.3) is 0 Å². The molecular formula is C10H21F3N2S. The van der Waals surface area contributed by atoms with Crippen molar-refractivity contribution in [3.05, 3.63) is 0 Å². The Morgan fingerprint density at radius 2 is 1.88 bits per heavy atom. The fourth-order valence-electron chi connectivity index (χ4n) is 1.84. The number of hydrogen-bond donors (Lipinski definition) is 1. The topological polar surface area (TPSA) is 29.3 Å². The number of likely N-dealkylation sites (N-methyl/N-ethyl adjacent to an activating group) is 1. The van der Waals surface area contributed by atoms with Gasteiger partial charge in [-0.1, -0.05) is 6.92 Å². The molecule has 6 heteroatoms. The quantitative estimate of drug-likeness (QED) is 0.793. The molecule has 0 aromatic heterocycles. The third-order valence-corrected chi connectivity index (χ3v) is 3.40. The summed E-state index contributed by atoms with van der Waals surface area (Å²) in [6.07, 6.45) is -1.68. The maximum atomic E-state index is 12.8. The van der Waals surface area contributed by atoms with Crippen LogP contribution in [0.3, 0.4) is 0 Å².